The van der Waals surface area contributed by atoms with Crippen LogP contribution in [0.4, 0.5) is 24.5 Å². The summed E-state index contributed by atoms with van der Waals surface area (Å²) in [6, 6.07) is 25.8. The number of carbonyl (C=O) groups excluding carboxylic acids is 1. The van der Waals surface area contributed by atoms with E-state index in [0.29, 0.717) is 38.8 Å². The van der Waals surface area contributed by atoms with E-state index in [-0.39, 0.29) is 55.2 Å². The number of amides is 1. The van der Waals surface area contributed by atoms with Gasteiger partial charge in [-0.15, -0.1) is 13.2 Å². The monoisotopic (exact) mass is 1150 g/mol. The molecule has 0 radical (unpaired) electrons. The van der Waals surface area contributed by atoms with Crippen LogP contribution in [0.3, 0.4) is 0 Å². The van der Waals surface area contributed by atoms with Crippen LogP contribution in [0.1, 0.15) is 96.6 Å². The number of rotatable bonds is 18. The number of piperidine rings is 1. The number of benzene rings is 4. The average Bonchev–Trinajstić information content (AvgIpc) is 3.81. The lowest BCUT2D eigenvalue weighted by Gasteiger charge is -2.34. The van der Waals surface area contributed by atoms with Gasteiger partial charge in [0.05, 0.1) is 25.1 Å². The van der Waals surface area contributed by atoms with Crippen molar-refractivity contribution in [2.45, 2.75) is 112 Å². The summed E-state index contributed by atoms with van der Waals surface area (Å²) in [5.41, 5.74) is 9.33. The third-order valence-electron chi connectivity index (χ3n) is 15.4. The number of para-hydroxylation sites is 2. The Kier molecular flexibility index (Phi) is 17.2. The van der Waals surface area contributed by atoms with E-state index in [1.165, 1.54) is 36.4 Å². The first kappa shape index (κ1) is 58.8. The highest BCUT2D eigenvalue weighted by atomic mass is 32.2. The van der Waals surface area contributed by atoms with Gasteiger partial charge in [0.25, 0.3) is 5.91 Å². The molecule has 1 saturated carbocycles. The molecule has 8 rings (SSSR count). The highest BCUT2D eigenvalue weighted by Gasteiger charge is 2.55. The van der Waals surface area contributed by atoms with Crippen LogP contribution in [0.25, 0.3) is 0 Å². The van der Waals surface area contributed by atoms with Gasteiger partial charge in [0.2, 0.25) is 5.71 Å². The number of hydrogen-bond donors (Lipinski definition) is 2. The predicted molar refractivity (Wildman–Crippen MR) is 291 cm³/mol. The van der Waals surface area contributed by atoms with E-state index in [9.17, 15) is 57.5 Å². The van der Waals surface area contributed by atoms with Crippen molar-refractivity contribution in [1.82, 2.24) is 5.48 Å². The summed E-state index contributed by atoms with van der Waals surface area (Å²) in [5, 5.41) is 10.2. The molecular weight excluding hydrogens is 1090 g/mol. The van der Waals surface area contributed by atoms with Crippen LogP contribution in [0.2, 0.25) is 0 Å². The van der Waals surface area contributed by atoms with Crippen molar-refractivity contribution in [3.8, 4) is 17.2 Å². The lowest BCUT2D eigenvalue weighted by molar-refractivity contribution is -0.538. The van der Waals surface area contributed by atoms with Crippen LogP contribution >= 0.6 is 0 Å². The maximum Gasteiger partial charge on any atom is 0.573 e. The number of hydroxylamine groups is 1. The van der Waals surface area contributed by atoms with Gasteiger partial charge in [-0.2, -0.15) is 0 Å². The van der Waals surface area contributed by atoms with Gasteiger partial charge >= 0.3 is 6.36 Å². The Morgan fingerprint density at radius 1 is 0.658 bits per heavy atom. The van der Waals surface area contributed by atoms with E-state index in [0.717, 1.165) is 69.3 Å². The molecule has 3 heterocycles. The predicted octanol–water partition coefficient (Wildman–Crippen LogP) is 9.69. The quantitative estimate of drug-likeness (QED) is 0.0311. The van der Waals surface area contributed by atoms with E-state index < -0.39 is 75.2 Å². The minimum absolute atomic E-state index is 0.0659. The molecule has 4 aliphatic rings. The van der Waals surface area contributed by atoms with E-state index in [1.54, 1.807) is 5.48 Å². The van der Waals surface area contributed by atoms with Crippen molar-refractivity contribution >= 4 is 53.1 Å². The molecule has 4 aromatic carbocycles. The number of carbonyl (C=O) groups is 1. The van der Waals surface area contributed by atoms with Crippen molar-refractivity contribution in [3.63, 3.8) is 0 Å². The van der Waals surface area contributed by atoms with Crippen LogP contribution < -0.4 is 24.8 Å². The fourth-order valence-corrected chi connectivity index (χ4v) is 14.5. The minimum Gasteiger partial charge on any atom is -0.748 e. The van der Waals surface area contributed by atoms with Crippen LogP contribution in [0, 0.1) is 0 Å². The van der Waals surface area contributed by atoms with E-state index in [4.69, 9.17) is 4.74 Å². The fraction of sp³-hybridized carbons (Fsp3) is 0.404. The molecule has 0 unspecified atom stereocenters. The zero-order valence-electron chi connectivity index (χ0n) is 44.3. The topological polar surface area (TPSA) is 226 Å². The Hall–Kier alpha value is -6.30. The Balaban J connectivity index is 1.17. The number of nitrogens with zero attached hydrogens (tertiary/aromatic N) is 3. The van der Waals surface area contributed by atoms with Crippen LogP contribution in [-0.4, -0.2) is 105 Å². The zero-order chi connectivity index (χ0) is 57.2. The molecule has 0 bridgehead atoms. The Bertz CT molecular complexity index is 3320. The zero-order valence-corrected chi connectivity index (χ0v) is 46.7. The maximum absolute atomic E-state index is 14.8. The van der Waals surface area contributed by atoms with E-state index in [1.807, 2.05) is 36.4 Å². The second kappa shape index (κ2) is 23.0. The molecule has 22 heteroatoms. The Morgan fingerprint density at radius 2 is 1.09 bits per heavy atom. The SMILES string of the molecule is CC1(C)/C(=C\C=C2/CCC/C(=C\C=C3\N(CCCCS(=O)(=O)[O-])c4ccccc4C3(C)C)C2=[N+]2CCC(C(=O)NO)(S(=O)(=O)c3ccc(Oc4ccc(OC(F)(F)F)cc4)cc3)CC2)N(CCCCS(=O)(=O)[O-])c2ccccc21. The molecule has 424 valence electrons. The van der Waals surface area contributed by atoms with Crippen LogP contribution in [0.5, 0.6) is 17.2 Å². The first-order chi connectivity index (χ1) is 37.1. The number of alkyl halides is 3. The summed E-state index contributed by atoms with van der Waals surface area (Å²) in [4.78, 5) is 18.0. The summed E-state index contributed by atoms with van der Waals surface area (Å²) in [5.74, 6) is -2.21. The smallest absolute Gasteiger partial charge is 0.573 e. The molecule has 3 aliphatic heterocycles. The second-order valence-corrected chi connectivity index (χ2v) is 26.5. The molecule has 2 N–H and O–H groups in total. The van der Waals surface area contributed by atoms with Gasteiger partial charge in [0.1, 0.15) is 30.3 Å². The normalized spacial score (nSPS) is 21.4. The third-order valence-corrected chi connectivity index (χ3v) is 19.5. The van der Waals surface area contributed by atoms with Gasteiger partial charge in [0.15, 0.2) is 14.6 Å². The van der Waals surface area contributed by atoms with E-state index in [2.05, 4.69) is 83.2 Å². The fourth-order valence-electron chi connectivity index (χ4n) is 11.4. The van der Waals surface area contributed by atoms with Gasteiger partial charge in [-0.1, -0.05) is 76.2 Å². The molecule has 1 aliphatic carbocycles. The lowest BCUT2D eigenvalue weighted by Crippen LogP contribution is -2.57. The van der Waals surface area contributed by atoms with Crippen LogP contribution in [-0.2, 0) is 45.7 Å². The summed E-state index contributed by atoms with van der Waals surface area (Å²) in [7, 11) is -13.3. The number of unbranched alkanes of at least 4 members (excludes halogenated alkanes) is 2. The van der Waals surface area contributed by atoms with Gasteiger partial charge in [-0.25, -0.2) is 35.3 Å². The maximum atomic E-state index is 14.8. The van der Waals surface area contributed by atoms with E-state index >= 15 is 0 Å². The second-order valence-electron chi connectivity index (χ2n) is 21.2. The lowest BCUT2D eigenvalue weighted by atomic mass is 9.82. The number of sulfone groups is 1. The third kappa shape index (κ3) is 13.0. The number of allylic oxidation sites excluding steroid dienone is 8. The summed E-state index contributed by atoms with van der Waals surface area (Å²) >= 11 is 0. The Labute approximate surface area is 460 Å². The molecule has 1 amide bonds. The molecule has 0 aromatic heterocycles. The molecule has 4 aromatic rings. The molecule has 79 heavy (non-hydrogen) atoms. The molecule has 0 spiro atoms. The Morgan fingerprint density at radius 3 is 1.52 bits per heavy atom. The van der Waals surface area contributed by atoms with Gasteiger partial charge in [-0.05, 0) is 129 Å². The highest BCUT2D eigenvalue weighted by Crippen LogP contribution is 2.50. The average molecular weight is 1150 g/mol. The minimum atomic E-state index is -4.89. The molecule has 2 fully saturated rings. The van der Waals surface area contributed by atoms with Crippen LogP contribution in [0.15, 0.2) is 149 Å². The van der Waals surface area contributed by atoms with Crippen molar-refractivity contribution in [1.29, 1.82) is 0 Å². The van der Waals surface area contributed by atoms with Gasteiger partial charge in [0, 0.05) is 82.2 Å². The largest absolute Gasteiger partial charge is 0.748 e. The molecule has 1 saturated heterocycles. The number of fused-ring (bicyclic) bond motifs is 2. The van der Waals surface area contributed by atoms with Crippen molar-refractivity contribution in [3.05, 3.63) is 155 Å². The summed E-state index contributed by atoms with van der Waals surface area (Å²) < 4.78 is 147. The number of halogens is 3. The summed E-state index contributed by atoms with van der Waals surface area (Å²) in [6.45, 7) is 9.49. The molecule has 0 atom stereocenters. The first-order valence-corrected chi connectivity index (χ1v) is 30.7. The first-order valence-electron chi connectivity index (χ1n) is 26.0. The molecular formula is C57H64F3N4O12S3-. The van der Waals surface area contributed by atoms with Gasteiger partial charge < -0.3 is 28.4 Å². The van der Waals surface area contributed by atoms with Crippen molar-refractivity contribution in [2.75, 3.05) is 47.5 Å². The number of anilines is 2. The standard InChI is InChI=1S/C57H65F3N4O12S3/c1-54(2)46-16-5-7-18-48(46)63(34-9-11-38-77(67,68)69)50(54)30-20-40-14-13-15-41(21-31-51-55(3,4)47-17-6-8-19-49(47)64(51)35-10-12-39-78(70,71)72)52(40)62-36-32-56(33-37-62,53(65)61-66)79(73,74)45-28-26-43(27-29-45)75-42-22-24-44(25-23-42)76-57(58,59)60/h5-8,16-31H,9-15,32-39H2,1-4H3,(H3-,61,65,66,67,68,69,70,71,72)/p-1. The molecule has 16 nitrogen and oxygen atoms in total. The van der Waals surface area contributed by atoms with Gasteiger partial charge in [-0.3, -0.25) is 10.0 Å². The summed E-state index contributed by atoms with van der Waals surface area (Å²) in [6.07, 6.45) is 6.20. The van der Waals surface area contributed by atoms with Crippen molar-refractivity contribution in [2.24, 2.45) is 0 Å². The number of hydrogen-bond acceptors (Lipinski definition) is 14. The number of ether oxygens (including phenoxy) is 2. The van der Waals surface area contributed by atoms with Crippen molar-refractivity contribution < 1.29 is 71.6 Å². The highest BCUT2D eigenvalue weighted by molar-refractivity contribution is 7.93. The number of nitrogens with one attached hydrogen (secondary N) is 1.